The number of carbonyl (C=O) groups is 1. The second kappa shape index (κ2) is 9.62. The molecular weight excluding hydrogens is 436 g/mol. The SMILES string of the molecule is CCOC(=O)CN1C(=S)N[C@@H](c2ccccn2)[C@H]1c1cc(C)n(-c2cccc(OC)c2)c1C. The molecule has 3 heterocycles. The summed E-state index contributed by atoms with van der Waals surface area (Å²) in [4.78, 5) is 18.9. The van der Waals surface area contributed by atoms with Crippen LogP contribution in [0.1, 0.15) is 41.7 Å². The number of esters is 1. The van der Waals surface area contributed by atoms with Crippen molar-refractivity contribution in [1.82, 2.24) is 19.8 Å². The number of carbonyl (C=O) groups excluding carboxylic acids is 1. The molecule has 1 aliphatic heterocycles. The average Bonchev–Trinajstić information content (AvgIpc) is 3.29. The van der Waals surface area contributed by atoms with Crippen LogP contribution in [-0.2, 0) is 9.53 Å². The number of benzene rings is 1. The van der Waals surface area contributed by atoms with Gasteiger partial charge in [0.15, 0.2) is 5.11 Å². The van der Waals surface area contributed by atoms with Gasteiger partial charge in [-0.3, -0.25) is 9.78 Å². The first-order valence-corrected chi connectivity index (χ1v) is 11.3. The number of aryl methyl sites for hydroxylation is 1. The Labute approximate surface area is 199 Å². The van der Waals surface area contributed by atoms with Crippen LogP contribution >= 0.6 is 12.2 Å². The van der Waals surface area contributed by atoms with Gasteiger partial charge in [-0.2, -0.15) is 0 Å². The maximum Gasteiger partial charge on any atom is 0.325 e. The van der Waals surface area contributed by atoms with Gasteiger partial charge < -0.3 is 24.3 Å². The molecule has 1 fully saturated rings. The lowest BCUT2D eigenvalue weighted by atomic mass is 9.97. The van der Waals surface area contributed by atoms with E-state index in [0.717, 1.165) is 34.1 Å². The molecule has 0 amide bonds. The van der Waals surface area contributed by atoms with E-state index in [1.165, 1.54) is 0 Å². The highest BCUT2D eigenvalue weighted by molar-refractivity contribution is 7.80. The van der Waals surface area contributed by atoms with Crippen molar-refractivity contribution in [3.05, 3.63) is 77.4 Å². The molecule has 0 saturated carbocycles. The van der Waals surface area contributed by atoms with Crippen molar-refractivity contribution in [2.75, 3.05) is 20.3 Å². The van der Waals surface area contributed by atoms with Crippen molar-refractivity contribution < 1.29 is 14.3 Å². The summed E-state index contributed by atoms with van der Waals surface area (Å²) >= 11 is 5.66. The number of nitrogens with zero attached hydrogens (tertiary/aromatic N) is 3. The third-order valence-electron chi connectivity index (χ3n) is 5.90. The Kier molecular flexibility index (Phi) is 6.65. The summed E-state index contributed by atoms with van der Waals surface area (Å²) in [7, 11) is 1.66. The second-order valence-corrected chi connectivity index (χ2v) is 8.31. The molecular formula is C25H28N4O3S. The number of hydrogen-bond acceptors (Lipinski definition) is 5. The molecule has 0 bridgehead atoms. The molecule has 0 unspecified atom stereocenters. The van der Waals surface area contributed by atoms with Crippen molar-refractivity contribution in [2.45, 2.75) is 32.9 Å². The molecule has 1 aromatic carbocycles. The molecule has 1 aliphatic rings. The summed E-state index contributed by atoms with van der Waals surface area (Å²) in [5.74, 6) is 0.482. The number of rotatable bonds is 7. The molecule has 2 aromatic heterocycles. The molecule has 8 heteroatoms. The van der Waals surface area contributed by atoms with Crippen LogP contribution in [0.4, 0.5) is 0 Å². The van der Waals surface area contributed by atoms with E-state index < -0.39 is 0 Å². The molecule has 0 spiro atoms. The van der Waals surface area contributed by atoms with E-state index in [1.54, 1.807) is 20.2 Å². The number of nitrogens with one attached hydrogen (secondary N) is 1. The Hall–Kier alpha value is -3.39. The normalized spacial score (nSPS) is 17.7. The van der Waals surface area contributed by atoms with Crippen LogP contribution in [0.15, 0.2) is 54.7 Å². The fraction of sp³-hybridized carbons (Fsp3) is 0.320. The minimum atomic E-state index is -0.310. The standard InChI is InChI=1S/C25H28N4O3S/c1-5-32-22(30)15-28-24(23(27-25(28)33)21-11-6-7-12-26-21)20-13-16(2)29(17(20)3)18-9-8-10-19(14-18)31-4/h6-14,23-24H,5,15H2,1-4H3,(H,27,33)/t23-,24+/m0/s1. The number of thiocarbonyl (C=S) groups is 1. The Morgan fingerprint density at radius 1 is 1.18 bits per heavy atom. The Balaban J connectivity index is 1.81. The molecule has 1 saturated heterocycles. The zero-order chi connectivity index (χ0) is 23.5. The molecule has 0 radical (unpaired) electrons. The number of aromatic nitrogens is 2. The van der Waals surface area contributed by atoms with Gasteiger partial charge in [0.2, 0.25) is 0 Å². The number of pyridine rings is 1. The Bertz CT molecular complexity index is 1160. The predicted molar refractivity (Wildman–Crippen MR) is 131 cm³/mol. The minimum Gasteiger partial charge on any atom is -0.497 e. The molecule has 0 aliphatic carbocycles. The Morgan fingerprint density at radius 2 is 2.00 bits per heavy atom. The maximum atomic E-state index is 12.4. The van der Waals surface area contributed by atoms with Gasteiger partial charge in [-0.1, -0.05) is 12.1 Å². The first-order chi connectivity index (χ1) is 15.9. The largest absolute Gasteiger partial charge is 0.497 e. The molecule has 3 aromatic rings. The van der Waals surface area contributed by atoms with Crippen molar-refractivity contribution in [3.8, 4) is 11.4 Å². The van der Waals surface area contributed by atoms with Gasteiger partial charge in [0.05, 0.1) is 31.5 Å². The van der Waals surface area contributed by atoms with Crippen LogP contribution in [-0.4, -0.2) is 45.8 Å². The quantitative estimate of drug-likeness (QED) is 0.418. The molecule has 33 heavy (non-hydrogen) atoms. The summed E-state index contributed by atoms with van der Waals surface area (Å²) in [5, 5.41) is 3.90. The fourth-order valence-corrected chi connectivity index (χ4v) is 4.80. The third-order valence-corrected chi connectivity index (χ3v) is 6.26. The van der Waals surface area contributed by atoms with Gasteiger partial charge >= 0.3 is 5.97 Å². The van der Waals surface area contributed by atoms with Crippen molar-refractivity contribution in [3.63, 3.8) is 0 Å². The molecule has 4 rings (SSSR count). The lowest BCUT2D eigenvalue weighted by Crippen LogP contribution is -2.35. The predicted octanol–water partition coefficient (Wildman–Crippen LogP) is 4.03. The van der Waals surface area contributed by atoms with Gasteiger partial charge in [0.1, 0.15) is 12.3 Å². The van der Waals surface area contributed by atoms with Gasteiger partial charge in [0, 0.05) is 29.3 Å². The van der Waals surface area contributed by atoms with Gasteiger partial charge in [-0.25, -0.2) is 0 Å². The van der Waals surface area contributed by atoms with Gasteiger partial charge in [0.25, 0.3) is 0 Å². The highest BCUT2D eigenvalue weighted by Gasteiger charge is 2.42. The van der Waals surface area contributed by atoms with Crippen molar-refractivity contribution >= 4 is 23.3 Å². The molecule has 7 nitrogen and oxygen atoms in total. The third kappa shape index (κ3) is 4.43. The summed E-state index contributed by atoms with van der Waals surface area (Å²) in [6.07, 6.45) is 1.77. The number of hydrogen-bond donors (Lipinski definition) is 1. The first-order valence-electron chi connectivity index (χ1n) is 10.9. The van der Waals surface area contributed by atoms with Crippen LogP contribution in [0, 0.1) is 13.8 Å². The van der Waals surface area contributed by atoms with Crippen molar-refractivity contribution in [2.24, 2.45) is 0 Å². The van der Waals surface area contributed by atoms with E-state index in [-0.39, 0.29) is 24.6 Å². The van der Waals surface area contributed by atoms with Crippen LogP contribution in [0.2, 0.25) is 0 Å². The van der Waals surface area contributed by atoms with Crippen LogP contribution in [0.3, 0.4) is 0 Å². The number of methoxy groups -OCH3 is 1. The summed E-state index contributed by atoms with van der Waals surface area (Å²) < 4.78 is 12.8. The molecule has 1 N–H and O–H groups in total. The lowest BCUT2D eigenvalue weighted by Gasteiger charge is -2.27. The van der Waals surface area contributed by atoms with Crippen molar-refractivity contribution in [1.29, 1.82) is 0 Å². The maximum absolute atomic E-state index is 12.4. The second-order valence-electron chi connectivity index (χ2n) is 7.92. The zero-order valence-corrected chi connectivity index (χ0v) is 20.1. The van der Waals surface area contributed by atoms with Gasteiger partial charge in [-0.05, 0) is 68.9 Å². The minimum absolute atomic E-state index is 0.0660. The summed E-state index contributed by atoms with van der Waals surface area (Å²) in [6, 6.07) is 15.5. The van der Waals surface area contributed by atoms with E-state index in [0.29, 0.717) is 11.7 Å². The smallest absolute Gasteiger partial charge is 0.325 e. The first kappa shape index (κ1) is 22.8. The van der Waals surface area contributed by atoms with E-state index in [2.05, 4.69) is 40.8 Å². The highest BCUT2D eigenvalue weighted by atomic mass is 32.1. The van der Waals surface area contributed by atoms with Crippen LogP contribution in [0.25, 0.3) is 5.69 Å². The topological polar surface area (TPSA) is 68.6 Å². The monoisotopic (exact) mass is 464 g/mol. The molecule has 172 valence electrons. The van der Waals surface area contributed by atoms with E-state index >= 15 is 0 Å². The highest BCUT2D eigenvalue weighted by Crippen LogP contribution is 2.41. The van der Waals surface area contributed by atoms with E-state index in [9.17, 15) is 4.79 Å². The molecule has 2 atom stereocenters. The van der Waals surface area contributed by atoms with E-state index in [4.69, 9.17) is 21.7 Å². The Morgan fingerprint density at radius 3 is 2.70 bits per heavy atom. The fourth-order valence-electron chi connectivity index (χ4n) is 4.49. The summed E-state index contributed by atoms with van der Waals surface area (Å²) in [5.41, 5.74) is 5.08. The van der Waals surface area contributed by atoms with E-state index in [1.807, 2.05) is 41.3 Å². The van der Waals surface area contributed by atoms with Crippen LogP contribution in [0.5, 0.6) is 5.75 Å². The van der Waals surface area contributed by atoms with Crippen LogP contribution < -0.4 is 10.1 Å². The number of ether oxygens (including phenoxy) is 2. The lowest BCUT2D eigenvalue weighted by molar-refractivity contribution is -0.143. The average molecular weight is 465 g/mol. The zero-order valence-electron chi connectivity index (χ0n) is 19.2. The summed E-state index contributed by atoms with van der Waals surface area (Å²) in [6.45, 7) is 6.35. The van der Waals surface area contributed by atoms with Gasteiger partial charge in [-0.15, -0.1) is 0 Å².